The summed E-state index contributed by atoms with van der Waals surface area (Å²) in [7, 11) is 1.66. The number of fused-ring (bicyclic) bond motifs is 1. The van der Waals surface area contributed by atoms with Gasteiger partial charge in [0.1, 0.15) is 23.6 Å². The third-order valence-corrected chi connectivity index (χ3v) is 5.79. The van der Waals surface area contributed by atoms with Crippen LogP contribution in [0.3, 0.4) is 0 Å². The topological polar surface area (TPSA) is 67.3 Å². The summed E-state index contributed by atoms with van der Waals surface area (Å²) in [6, 6.07) is 2.18. The second kappa shape index (κ2) is 6.58. The van der Waals surface area contributed by atoms with Crippen molar-refractivity contribution < 1.29 is 4.74 Å². The van der Waals surface area contributed by atoms with Gasteiger partial charge in [-0.2, -0.15) is 4.37 Å². The first-order chi connectivity index (χ1) is 11.7. The second-order valence-corrected chi connectivity index (χ2v) is 7.64. The Bertz CT molecular complexity index is 839. The molecule has 0 bridgehead atoms. The summed E-state index contributed by atoms with van der Waals surface area (Å²) in [6.07, 6.45) is 1.67. The SMILES string of the molecule is COCc1nsc(N2CCN(c3ncnc4sc(C)cc34)CC2)n1. The van der Waals surface area contributed by atoms with E-state index in [4.69, 9.17) is 4.74 Å². The molecule has 0 aromatic carbocycles. The van der Waals surface area contributed by atoms with Gasteiger partial charge in [-0.1, -0.05) is 0 Å². The lowest BCUT2D eigenvalue weighted by atomic mass is 10.2. The van der Waals surface area contributed by atoms with Gasteiger partial charge in [-0.25, -0.2) is 15.0 Å². The lowest BCUT2D eigenvalue weighted by Crippen LogP contribution is -2.46. The lowest BCUT2D eigenvalue weighted by molar-refractivity contribution is 0.179. The average Bonchev–Trinajstić information content (AvgIpc) is 3.20. The van der Waals surface area contributed by atoms with Crippen molar-refractivity contribution in [3.63, 3.8) is 0 Å². The zero-order valence-electron chi connectivity index (χ0n) is 13.6. The molecule has 3 aromatic rings. The van der Waals surface area contributed by atoms with E-state index >= 15 is 0 Å². The number of piperazine rings is 1. The molecule has 0 aliphatic carbocycles. The van der Waals surface area contributed by atoms with Gasteiger partial charge in [-0.05, 0) is 13.0 Å². The highest BCUT2D eigenvalue weighted by molar-refractivity contribution is 7.18. The van der Waals surface area contributed by atoms with Gasteiger partial charge in [0.05, 0.1) is 5.39 Å². The maximum atomic E-state index is 5.09. The van der Waals surface area contributed by atoms with Gasteiger partial charge in [0.15, 0.2) is 5.82 Å². The highest BCUT2D eigenvalue weighted by Crippen LogP contribution is 2.30. The number of hydrogen-bond donors (Lipinski definition) is 0. The van der Waals surface area contributed by atoms with Crippen molar-refractivity contribution in [2.24, 2.45) is 0 Å². The monoisotopic (exact) mass is 362 g/mol. The van der Waals surface area contributed by atoms with Crippen molar-refractivity contribution in [3.05, 3.63) is 23.1 Å². The molecule has 24 heavy (non-hydrogen) atoms. The van der Waals surface area contributed by atoms with Crippen molar-refractivity contribution in [1.82, 2.24) is 19.3 Å². The largest absolute Gasteiger partial charge is 0.377 e. The van der Waals surface area contributed by atoms with Gasteiger partial charge < -0.3 is 14.5 Å². The molecule has 0 spiro atoms. The molecular formula is C15H18N6OS2. The number of anilines is 2. The molecule has 4 rings (SSSR count). The van der Waals surface area contributed by atoms with E-state index in [9.17, 15) is 0 Å². The number of rotatable bonds is 4. The molecule has 0 amide bonds. The molecule has 1 saturated heterocycles. The van der Waals surface area contributed by atoms with E-state index in [-0.39, 0.29) is 0 Å². The van der Waals surface area contributed by atoms with Crippen molar-refractivity contribution in [2.75, 3.05) is 43.1 Å². The normalized spacial score (nSPS) is 15.4. The van der Waals surface area contributed by atoms with Crippen LogP contribution in [0.2, 0.25) is 0 Å². The molecule has 0 radical (unpaired) electrons. The molecule has 4 heterocycles. The van der Waals surface area contributed by atoms with Gasteiger partial charge in [-0.15, -0.1) is 11.3 Å². The van der Waals surface area contributed by atoms with Crippen LogP contribution in [-0.4, -0.2) is 52.6 Å². The van der Waals surface area contributed by atoms with E-state index in [0.717, 1.165) is 53.2 Å². The maximum absolute atomic E-state index is 5.09. The molecule has 0 atom stereocenters. The van der Waals surface area contributed by atoms with Gasteiger partial charge in [-0.3, -0.25) is 0 Å². The number of methoxy groups -OCH3 is 1. The first kappa shape index (κ1) is 15.7. The van der Waals surface area contributed by atoms with Gasteiger partial charge in [0.25, 0.3) is 0 Å². The van der Waals surface area contributed by atoms with E-state index in [1.54, 1.807) is 24.8 Å². The maximum Gasteiger partial charge on any atom is 0.205 e. The van der Waals surface area contributed by atoms with Crippen LogP contribution in [-0.2, 0) is 11.3 Å². The zero-order chi connectivity index (χ0) is 16.5. The van der Waals surface area contributed by atoms with Crippen molar-refractivity contribution in [3.8, 4) is 0 Å². The highest BCUT2D eigenvalue weighted by atomic mass is 32.1. The molecule has 1 aliphatic rings. The van der Waals surface area contributed by atoms with Crippen LogP contribution >= 0.6 is 22.9 Å². The third kappa shape index (κ3) is 2.94. The number of thiophene rings is 1. The smallest absolute Gasteiger partial charge is 0.205 e. The minimum absolute atomic E-state index is 0.465. The van der Waals surface area contributed by atoms with E-state index in [2.05, 4.69) is 42.1 Å². The van der Waals surface area contributed by atoms with Gasteiger partial charge in [0.2, 0.25) is 5.13 Å². The quantitative estimate of drug-likeness (QED) is 0.705. The van der Waals surface area contributed by atoms with Crippen LogP contribution in [0.15, 0.2) is 12.4 Å². The fourth-order valence-electron chi connectivity index (χ4n) is 2.89. The Morgan fingerprint density at radius 3 is 2.75 bits per heavy atom. The molecule has 3 aromatic heterocycles. The Hall–Kier alpha value is -1.84. The highest BCUT2D eigenvalue weighted by Gasteiger charge is 2.22. The summed E-state index contributed by atoms with van der Waals surface area (Å²) >= 11 is 3.16. The van der Waals surface area contributed by atoms with Gasteiger partial charge in [0, 0.05) is 49.7 Å². The van der Waals surface area contributed by atoms with Crippen LogP contribution in [0.25, 0.3) is 10.2 Å². The summed E-state index contributed by atoms with van der Waals surface area (Å²) in [5.74, 6) is 1.80. The summed E-state index contributed by atoms with van der Waals surface area (Å²) in [5.41, 5.74) is 0. The Morgan fingerprint density at radius 2 is 1.96 bits per heavy atom. The zero-order valence-corrected chi connectivity index (χ0v) is 15.2. The molecular weight excluding hydrogens is 344 g/mol. The number of aryl methyl sites for hydroxylation is 1. The Kier molecular flexibility index (Phi) is 4.30. The first-order valence-electron chi connectivity index (χ1n) is 7.77. The predicted octanol–water partition coefficient (Wildman–Crippen LogP) is 2.32. The van der Waals surface area contributed by atoms with E-state index in [0.29, 0.717) is 6.61 Å². The van der Waals surface area contributed by atoms with Crippen molar-refractivity contribution >= 4 is 44.0 Å². The van der Waals surface area contributed by atoms with Gasteiger partial charge >= 0.3 is 0 Å². The summed E-state index contributed by atoms with van der Waals surface area (Å²) in [4.78, 5) is 20.4. The van der Waals surface area contributed by atoms with Crippen LogP contribution in [0.5, 0.6) is 0 Å². The predicted molar refractivity (Wildman–Crippen MR) is 97.2 cm³/mol. The fraction of sp³-hybridized carbons (Fsp3) is 0.467. The van der Waals surface area contributed by atoms with Crippen molar-refractivity contribution in [2.45, 2.75) is 13.5 Å². The molecule has 0 unspecified atom stereocenters. The average molecular weight is 362 g/mol. The molecule has 9 heteroatoms. The molecule has 7 nitrogen and oxygen atoms in total. The van der Waals surface area contributed by atoms with Crippen LogP contribution < -0.4 is 9.80 Å². The van der Waals surface area contributed by atoms with E-state index < -0.39 is 0 Å². The molecule has 0 saturated carbocycles. The number of ether oxygens (including phenoxy) is 1. The Balaban J connectivity index is 1.49. The van der Waals surface area contributed by atoms with E-state index in [1.165, 1.54) is 16.4 Å². The summed E-state index contributed by atoms with van der Waals surface area (Å²) in [5, 5.41) is 2.13. The van der Waals surface area contributed by atoms with Crippen molar-refractivity contribution in [1.29, 1.82) is 0 Å². The summed E-state index contributed by atoms with van der Waals surface area (Å²) < 4.78 is 9.42. The van der Waals surface area contributed by atoms with Crippen LogP contribution in [0.1, 0.15) is 10.7 Å². The Labute approximate surface area is 148 Å². The number of hydrogen-bond acceptors (Lipinski definition) is 9. The second-order valence-electron chi connectivity index (χ2n) is 5.67. The standard InChI is InChI=1S/C15H18N6OS2/c1-10-7-11-13(16-9-17-14(11)23-10)20-3-5-21(6-4-20)15-18-12(8-22-2)19-24-15/h7,9H,3-6,8H2,1-2H3. The van der Waals surface area contributed by atoms with Crippen LogP contribution in [0, 0.1) is 6.92 Å². The molecule has 1 aliphatic heterocycles. The minimum atomic E-state index is 0.465. The lowest BCUT2D eigenvalue weighted by Gasteiger charge is -2.35. The van der Waals surface area contributed by atoms with Crippen LogP contribution in [0.4, 0.5) is 10.9 Å². The number of aromatic nitrogens is 4. The Morgan fingerprint density at radius 1 is 1.17 bits per heavy atom. The third-order valence-electron chi connectivity index (χ3n) is 4.01. The summed E-state index contributed by atoms with van der Waals surface area (Å²) in [6.45, 7) is 6.24. The fourth-order valence-corrected chi connectivity index (χ4v) is 4.45. The minimum Gasteiger partial charge on any atom is -0.377 e. The molecule has 0 N–H and O–H groups in total. The molecule has 1 fully saturated rings. The van der Waals surface area contributed by atoms with E-state index in [1.807, 2.05) is 0 Å². The first-order valence-corrected chi connectivity index (χ1v) is 9.36. The molecule has 126 valence electrons. The number of nitrogens with zero attached hydrogens (tertiary/aromatic N) is 6.